The second-order valence-electron chi connectivity index (χ2n) is 4.07. The average Bonchev–Trinajstić information content (AvgIpc) is 2.72. The van der Waals surface area contributed by atoms with Gasteiger partial charge in [0, 0.05) is 26.8 Å². The van der Waals surface area contributed by atoms with Crippen molar-refractivity contribution in [2.45, 2.75) is 13.5 Å². The van der Waals surface area contributed by atoms with E-state index in [2.05, 4.69) is 33.0 Å². The van der Waals surface area contributed by atoms with Gasteiger partial charge in [-0.1, -0.05) is 0 Å². The van der Waals surface area contributed by atoms with Crippen LogP contribution in [-0.4, -0.2) is 24.1 Å². The van der Waals surface area contributed by atoms with Crippen molar-refractivity contribution in [2.24, 2.45) is 0 Å². The van der Waals surface area contributed by atoms with E-state index in [9.17, 15) is 0 Å². The van der Waals surface area contributed by atoms with Gasteiger partial charge in [-0.15, -0.1) is 0 Å². The predicted octanol–water partition coefficient (Wildman–Crippen LogP) is 2.52. The molecule has 0 unspecified atom stereocenters. The Balaban J connectivity index is 2.04. The Morgan fingerprint density at radius 2 is 2.18 bits per heavy atom. The van der Waals surface area contributed by atoms with Crippen LogP contribution in [0.25, 0.3) is 0 Å². The maximum absolute atomic E-state index is 4.41. The molecule has 2 aromatic heterocycles. The molecule has 0 atom stereocenters. The van der Waals surface area contributed by atoms with Crippen LogP contribution in [0.1, 0.15) is 11.1 Å². The third-order valence-corrected chi connectivity index (χ3v) is 3.37. The molecule has 0 bridgehead atoms. The van der Waals surface area contributed by atoms with Crippen LogP contribution in [0.3, 0.4) is 0 Å². The Morgan fingerprint density at radius 1 is 1.35 bits per heavy atom. The van der Waals surface area contributed by atoms with Crippen LogP contribution >= 0.6 is 11.3 Å². The number of nitrogens with one attached hydrogen (secondary N) is 1. The molecule has 0 saturated heterocycles. The zero-order valence-electron chi connectivity index (χ0n) is 10.3. The van der Waals surface area contributed by atoms with Crippen LogP contribution in [0.5, 0.6) is 0 Å². The van der Waals surface area contributed by atoms with Crippen molar-refractivity contribution >= 4 is 23.1 Å². The van der Waals surface area contributed by atoms with Gasteiger partial charge in [-0.05, 0) is 34.9 Å². The number of thiophene rings is 1. The van der Waals surface area contributed by atoms with Crippen LogP contribution in [0.2, 0.25) is 0 Å². The minimum Gasteiger partial charge on any atom is -0.366 e. The van der Waals surface area contributed by atoms with Crippen molar-refractivity contribution in [3.63, 3.8) is 0 Å². The molecule has 4 nitrogen and oxygen atoms in total. The lowest BCUT2D eigenvalue weighted by Gasteiger charge is -2.11. The van der Waals surface area contributed by atoms with Crippen LogP contribution in [0.15, 0.2) is 23.0 Å². The third kappa shape index (κ3) is 2.94. The SMILES string of the molecule is Cc1cscc1CNc1ccnc(N(C)C)n1. The van der Waals surface area contributed by atoms with E-state index in [0.29, 0.717) is 0 Å². The monoisotopic (exact) mass is 248 g/mol. The van der Waals surface area contributed by atoms with Crippen LogP contribution in [0.4, 0.5) is 11.8 Å². The summed E-state index contributed by atoms with van der Waals surface area (Å²) in [6.07, 6.45) is 1.77. The molecule has 90 valence electrons. The van der Waals surface area contributed by atoms with Gasteiger partial charge in [-0.2, -0.15) is 16.3 Å². The van der Waals surface area contributed by atoms with Crippen molar-refractivity contribution in [3.8, 4) is 0 Å². The normalized spacial score (nSPS) is 10.3. The third-order valence-electron chi connectivity index (χ3n) is 2.46. The Bertz CT molecular complexity index is 493. The summed E-state index contributed by atoms with van der Waals surface area (Å²) >= 11 is 1.73. The quantitative estimate of drug-likeness (QED) is 0.902. The Morgan fingerprint density at radius 3 is 2.82 bits per heavy atom. The zero-order chi connectivity index (χ0) is 12.3. The summed E-state index contributed by atoms with van der Waals surface area (Å²) in [7, 11) is 3.87. The Labute approximate surface area is 105 Å². The summed E-state index contributed by atoms with van der Waals surface area (Å²) < 4.78 is 0. The van der Waals surface area contributed by atoms with Crippen LogP contribution in [-0.2, 0) is 6.54 Å². The van der Waals surface area contributed by atoms with Crippen molar-refractivity contribution in [2.75, 3.05) is 24.3 Å². The molecule has 0 fully saturated rings. The second kappa shape index (κ2) is 5.14. The highest BCUT2D eigenvalue weighted by molar-refractivity contribution is 7.08. The molecular formula is C12H16N4S. The molecule has 0 aromatic carbocycles. The fourth-order valence-electron chi connectivity index (χ4n) is 1.42. The van der Waals surface area contributed by atoms with Gasteiger partial charge in [-0.25, -0.2) is 4.98 Å². The molecule has 5 heteroatoms. The first-order chi connectivity index (χ1) is 8.16. The molecule has 0 aliphatic heterocycles. The van der Waals surface area contributed by atoms with Crippen molar-refractivity contribution in [1.29, 1.82) is 0 Å². The summed E-state index contributed by atoms with van der Waals surface area (Å²) in [6, 6.07) is 1.88. The number of aryl methyl sites for hydroxylation is 1. The van der Waals surface area contributed by atoms with E-state index in [1.807, 2.05) is 25.1 Å². The fraction of sp³-hybridized carbons (Fsp3) is 0.333. The molecule has 0 radical (unpaired) electrons. The average molecular weight is 248 g/mol. The van der Waals surface area contributed by atoms with Crippen molar-refractivity contribution in [3.05, 3.63) is 34.2 Å². The largest absolute Gasteiger partial charge is 0.366 e. The van der Waals surface area contributed by atoms with Crippen LogP contribution < -0.4 is 10.2 Å². The summed E-state index contributed by atoms with van der Waals surface area (Å²) in [5.74, 6) is 1.58. The number of hydrogen-bond acceptors (Lipinski definition) is 5. The molecule has 2 aromatic rings. The smallest absolute Gasteiger partial charge is 0.226 e. The number of aromatic nitrogens is 2. The van der Waals surface area contributed by atoms with E-state index < -0.39 is 0 Å². The number of anilines is 2. The fourth-order valence-corrected chi connectivity index (χ4v) is 2.27. The molecule has 2 heterocycles. The van der Waals surface area contributed by atoms with E-state index in [1.165, 1.54) is 11.1 Å². The summed E-state index contributed by atoms with van der Waals surface area (Å²) in [4.78, 5) is 10.5. The van der Waals surface area contributed by atoms with Gasteiger partial charge in [-0.3, -0.25) is 0 Å². The summed E-state index contributed by atoms with van der Waals surface area (Å²) in [6.45, 7) is 2.93. The summed E-state index contributed by atoms with van der Waals surface area (Å²) in [5.41, 5.74) is 2.64. The molecule has 0 aliphatic carbocycles. The summed E-state index contributed by atoms with van der Waals surface area (Å²) in [5, 5.41) is 7.63. The molecule has 2 rings (SSSR count). The van der Waals surface area contributed by atoms with Crippen molar-refractivity contribution in [1.82, 2.24) is 9.97 Å². The highest BCUT2D eigenvalue weighted by Crippen LogP contribution is 2.15. The zero-order valence-corrected chi connectivity index (χ0v) is 11.1. The predicted molar refractivity (Wildman–Crippen MR) is 72.7 cm³/mol. The molecule has 1 N–H and O–H groups in total. The number of hydrogen-bond donors (Lipinski definition) is 1. The van der Waals surface area contributed by atoms with Gasteiger partial charge in [0.2, 0.25) is 5.95 Å². The first-order valence-electron chi connectivity index (χ1n) is 5.42. The van der Waals surface area contributed by atoms with E-state index in [1.54, 1.807) is 17.5 Å². The van der Waals surface area contributed by atoms with E-state index in [0.717, 1.165) is 18.3 Å². The highest BCUT2D eigenvalue weighted by atomic mass is 32.1. The van der Waals surface area contributed by atoms with Crippen molar-refractivity contribution < 1.29 is 0 Å². The molecule has 0 spiro atoms. The molecule has 0 amide bonds. The lowest BCUT2D eigenvalue weighted by Crippen LogP contribution is -2.13. The first kappa shape index (κ1) is 11.9. The van der Waals surface area contributed by atoms with Crippen LogP contribution in [0, 0.1) is 6.92 Å². The van der Waals surface area contributed by atoms with Gasteiger partial charge in [0.05, 0.1) is 0 Å². The Kier molecular flexibility index (Phi) is 3.58. The molecule has 0 aliphatic rings. The maximum Gasteiger partial charge on any atom is 0.226 e. The lowest BCUT2D eigenvalue weighted by atomic mass is 10.2. The number of rotatable bonds is 4. The minimum atomic E-state index is 0.719. The van der Waals surface area contributed by atoms with Gasteiger partial charge < -0.3 is 10.2 Å². The first-order valence-corrected chi connectivity index (χ1v) is 6.37. The van der Waals surface area contributed by atoms with Gasteiger partial charge in [0.15, 0.2) is 0 Å². The molecule has 0 saturated carbocycles. The van der Waals surface area contributed by atoms with E-state index in [-0.39, 0.29) is 0 Å². The second-order valence-corrected chi connectivity index (χ2v) is 4.81. The Hall–Kier alpha value is -1.62. The minimum absolute atomic E-state index is 0.719. The number of nitrogens with zero attached hydrogens (tertiary/aromatic N) is 3. The standard InChI is InChI=1S/C12H16N4S/c1-9-7-17-8-10(9)6-14-11-4-5-13-12(15-11)16(2)3/h4-5,7-8H,6H2,1-3H3,(H,13,14,15). The molecular weight excluding hydrogens is 232 g/mol. The lowest BCUT2D eigenvalue weighted by molar-refractivity contribution is 0.987. The molecule has 17 heavy (non-hydrogen) atoms. The van der Waals surface area contributed by atoms with Gasteiger partial charge in [0.1, 0.15) is 5.82 Å². The maximum atomic E-state index is 4.41. The topological polar surface area (TPSA) is 41.1 Å². The van der Waals surface area contributed by atoms with E-state index in [4.69, 9.17) is 0 Å². The highest BCUT2D eigenvalue weighted by Gasteiger charge is 2.02. The van der Waals surface area contributed by atoms with Gasteiger partial charge in [0.25, 0.3) is 0 Å². The van der Waals surface area contributed by atoms with E-state index >= 15 is 0 Å². The van der Waals surface area contributed by atoms with Gasteiger partial charge >= 0.3 is 0 Å².